The maximum absolute atomic E-state index is 12.3. The molecule has 1 aliphatic heterocycles. The summed E-state index contributed by atoms with van der Waals surface area (Å²) in [7, 11) is 0. The number of carbonyl (C=O) groups is 2. The maximum atomic E-state index is 12.3. The fourth-order valence-corrected chi connectivity index (χ4v) is 2.21. The van der Waals surface area contributed by atoms with E-state index in [1.54, 1.807) is 29.4 Å². The molecule has 0 spiro atoms. The van der Waals surface area contributed by atoms with Crippen molar-refractivity contribution < 1.29 is 14.3 Å². The van der Waals surface area contributed by atoms with Crippen LogP contribution in [0.1, 0.15) is 37.6 Å². The van der Waals surface area contributed by atoms with Crippen LogP contribution in [-0.4, -0.2) is 46.6 Å². The Kier molecular flexibility index (Phi) is 4.45. The molecular formula is C15H21N3O3. The van der Waals surface area contributed by atoms with Gasteiger partial charge in [-0.2, -0.15) is 0 Å². The van der Waals surface area contributed by atoms with Crippen molar-refractivity contribution in [2.24, 2.45) is 0 Å². The summed E-state index contributed by atoms with van der Waals surface area (Å²) in [5.74, 6) is -0.0362. The number of rotatable bonds is 2. The molecule has 21 heavy (non-hydrogen) atoms. The number of nitrogens with one attached hydrogen (secondary N) is 1. The highest BCUT2D eigenvalue weighted by molar-refractivity contribution is 5.94. The molecule has 1 aromatic heterocycles. The zero-order valence-corrected chi connectivity index (χ0v) is 12.6. The zero-order chi connectivity index (χ0) is 15.5. The molecule has 0 bridgehead atoms. The van der Waals surface area contributed by atoms with Crippen LogP contribution in [0.5, 0.6) is 0 Å². The second-order valence-corrected chi connectivity index (χ2v) is 6.12. The van der Waals surface area contributed by atoms with Gasteiger partial charge in [-0.05, 0) is 39.3 Å². The highest BCUT2D eigenvalue weighted by Gasteiger charge is 2.29. The van der Waals surface area contributed by atoms with Crippen LogP contribution in [0.25, 0.3) is 0 Å². The summed E-state index contributed by atoms with van der Waals surface area (Å²) >= 11 is 0. The van der Waals surface area contributed by atoms with E-state index in [-0.39, 0.29) is 11.9 Å². The molecule has 2 rings (SSSR count). The molecule has 0 saturated carbocycles. The minimum atomic E-state index is -0.519. The van der Waals surface area contributed by atoms with E-state index < -0.39 is 11.7 Å². The van der Waals surface area contributed by atoms with Gasteiger partial charge >= 0.3 is 6.09 Å². The maximum Gasteiger partial charge on any atom is 0.407 e. The van der Waals surface area contributed by atoms with Gasteiger partial charge in [0.05, 0.1) is 6.04 Å². The molecule has 0 radical (unpaired) electrons. The van der Waals surface area contributed by atoms with Crippen molar-refractivity contribution >= 4 is 12.0 Å². The minimum absolute atomic E-state index is 0.0362. The van der Waals surface area contributed by atoms with E-state index in [0.717, 1.165) is 6.42 Å². The van der Waals surface area contributed by atoms with Crippen molar-refractivity contribution in [1.29, 1.82) is 0 Å². The Hall–Kier alpha value is -2.11. The van der Waals surface area contributed by atoms with Gasteiger partial charge in [-0.3, -0.25) is 9.78 Å². The number of pyridine rings is 1. The highest BCUT2D eigenvalue weighted by atomic mass is 16.6. The zero-order valence-electron chi connectivity index (χ0n) is 12.6. The number of aromatic nitrogens is 1. The summed E-state index contributed by atoms with van der Waals surface area (Å²) in [6.45, 7) is 6.59. The van der Waals surface area contributed by atoms with Gasteiger partial charge in [0.25, 0.3) is 5.91 Å². The Labute approximate surface area is 124 Å². The number of hydrogen-bond acceptors (Lipinski definition) is 4. The minimum Gasteiger partial charge on any atom is -0.444 e. The molecule has 2 heterocycles. The lowest BCUT2D eigenvalue weighted by molar-refractivity contribution is 0.0502. The SMILES string of the molecule is CC(C)(C)OC(=O)N[C@@H]1CCN(C(=O)c2ccncc2)C1. The Morgan fingerprint density at radius 2 is 2.00 bits per heavy atom. The van der Waals surface area contributed by atoms with Crippen LogP contribution in [-0.2, 0) is 4.74 Å². The van der Waals surface area contributed by atoms with Crippen molar-refractivity contribution in [2.45, 2.75) is 38.8 Å². The van der Waals surface area contributed by atoms with E-state index >= 15 is 0 Å². The summed E-state index contributed by atoms with van der Waals surface area (Å²) in [5.41, 5.74) is 0.0952. The van der Waals surface area contributed by atoms with Crippen LogP contribution in [0.2, 0.25) is 0 Å². The number of likely N-dealkylation sites (tertiary alicyclic amines) is 1. The first-order valence-electron chi connectivity index (χ1n) is 7.04. The van der Waals surface area contributed by atoms with Crippen LogP contribution >= 0.6 is 0 Å². The molecule has 1 aromatic rings. The molecule has 0 aromatic carbocycles. The molecule has 0 aliphatic carbocycles. The fourth-order valence-electron chi connectivity index (χ4n) is 2.21. The fraction of sp³-hybridized carbons (Fsp3) is 0.533. The van der Waals surface area contributed by atoms with E-state index in [0.29, 0.717) is 18.7 Å². The lowest BCUT2D eigenvalue weighted by Gasteiger charge is -2.22. The predicted molar refractivity (Wildman–Crippen MR) is 77.9 cm³/mol. The normalized spacial score (nSPS) is 18.4. The number of hydrogen-bond donors (Lipinski definition) is 1. The molecule has 6 heteroatoms. The van der Waals surface area contributed by atoms with Crippen LogP contribution in [0.3, 0.4) is 0 Å². The molecule has 6 nitrogen and oxygen atoms in total. The summed E-state index contributed by atoms with van der Waals surface area (Å²) < 4.78 is 5.22. The van der Waals surface area contributed by atoms with Crippen LogP contribution in [0.4, 0.5) is 4.79 Å². The van der Waals surface area contributed by atoms with Crippen molar-refractivity contribution in [2.75, 3.05) is 13.1 Å². The predicted octanol–water partition coefficient (Wildman–Crippen LogP) is 1.82. The molecular weight excluding hydrogens is 270 g/mol. The third-order valence-electron chi connectivity index (χ3n) is 3.12. The van der Waals surface area contributed by atoms with E-state index in [2.05, 4.69) is 10.3 Å². The van der Waals surface area contributed by atoms with Crippen molar-refractivity contribution in [3.05, 3.63) is 30.1 Å². The monoisotopic (exact) mass is 291 g/mol. The Morgan fingerprint density at radius 3 is 2.62 bits per heavy atom. The second kappa shape index (κ2) is 6.11. The number of carbonyl (C=O) groups excluding carboxylic acids is 2. The second-order valence-electron chi connectivity index (χ2n) is 6.12. The average Bonchev–Trinajstić information content (AvgIpc) is 2.85. The lowest BCUT2D eigenvalue weighted by Crippen LogP contribution is -2.41. The van der Waals surface area contributed by atoms with E-state index in [1.165, 1.54) is 0 Å². The summed E-state index contributed by atoms with van der Waals surface area (Å²) in [6, 6.07) is 3.32. The topological polar surface area (TPSA) is 71.5 Å². The van der Waals surface area contributed by atoms with Gasteiger partial charge in [-0.1, -0.05) is 0 Å². The first-order valence-corrected chi connectivity index (χ1v) is 7.04. The van der Waals surface area contributed by atoms with E-state index in [9.17, 15) is 9.59 Å². The number of alkyl carbamates (subject to hydrolysis) is 1. The first-order chi connectivity index (χ1) is 9.85. The van der Waals surface area contributed by atoms with E-state index in [4.69, 9.17) is 4.74 Å². The number of nitrogens with zero attached hydrogens (tertiary/aromatic N) is 2. The molecule has 0 unspecified atom stereocenters. The third-order valence-corrected chi connectivity index (χ3v) is 3.12. The largest absolute Gasteiger partial charge is 0.444 e. The van der Waals surface area contributed by atoms with Gasteiger partial charge in [-0.25, -0.2) is 4.79 Å². The highest BCUT2D eigenvalue weighted by Crippen LogP contribution is 2.14. The molecule has 1 fully saturated rings. The smallest absolute Gasteiger partial charge is 0.407 e. The van der Waals surface area contributed by atoms with Gasteiger partial charge in [0.2, 0.25) is 0 Å². The van der Waals surface area contributed by atoms with Gasteiger partial charge in [-0.15, -0.1) is 0 Å². The van der Waals surface area contributed by atoms with Crippen LogP contribution in [0.15, 0.2) is 24.5 Å². The summed E-state index contributed by atoms with van der Waals surface area (Å²) in [6.07, 6.45) is 3.49. The molecule has 1 aliphatic rings. The molecule has 1 atom stereocenters. The van der Waals surface area contributed by atoms with Crippen LogP contribution in [0, 0.1) is 0 Å². The van der Waals surface area contributed by atoms with Gasteiger partial charge in [0, 0.05) is 31.0 Å². The summed E-state index contributed by atoms with van der Waals surface area (Å²) in [4.78, 5) is 29.6. The van der Waals surface area contributed by atoms with Crippen molar-refractivity contribution in [3.8, 4) is 0 Å². The first kappa shape index (κ1) is 15.3. The van der Waals surface area contributed by atoms with E-state index in [1.807, 2.05) is 20.8 Å². The van der Waals surface area contributed by atoms with Gasteiger partial charge in [0.15, 0.2) is 0 Å². The quantitative estimate of drug-likeness (QED) is 0.902. The third kappa shape index (κ3) is 4.44. The number of ether oxygens (including phenoxy) is 1. The average molecular weight is 291 g/mol. The standard InChI is InChI=1S/C15H21N3O3/c1-15(2,3)21-14(20)17-12-6-9-18(10-12)13(19)11-4-7-16-8-5-11/h4-5,7-8,12H,6,9-10H2,1-3H3,(H,17,20)/t12-/m1/s1. The molecule has 114 valence electrons. The lowest BCUT2D eigenvalue weighted by atomic mass is 10.2. The van der Waals surface area contributed by atoms with Crippen molar-refractivity contribution in [1.82, 2.24) is 15.2 Å². The Morgan fingerprint density at radius 1 is 1.33 bits per heavy atom. The molecule has 2 amide bonds. The Balaban J connectivity index is 1.86. The summed E-state index contributed by atoms with van der Waals surface area (Å²) in [5, 5.41) is 2.80. The van der Waals surface area contributed by atoms with Crippen LogP contribution < -0.4 is 5.32 Å². The molecule has 1 N–H and O–H groups in total. The Bertz CT molecular complexity index is 511. The molecule has 1 saturated heterocycles. The van der Waals surface area contributed by atoms with Gasteiger partial charge in [0.1, 0.15) is 5.60 Å². The van der Waals surface area contributed by atoms with Gasteiger partial charge < -0.3 is 15.0 Å². The number of amides is 2. The van der Waals surface area contributed by atoms with Crippen molar-refractivity contribution in [3.63, 3.8) is 0 Å².